The summed E-state index contributed by atoms with van der Waals surface area (Å²) in [7, 11) is 1.43. The van der Waals surface area contributed by atoms with Crippen molar-refractivity contribution in [3.05, 3.63) is 23.3 Å². The molecule has 0 radical (unpaired) electrons. The Balaban J connectivity index is 3.06. The summed E-state index contributed by atoms with van der Waals surface area (Å²) in [6, 6.07) is 3.20. The zero-order valence-corrected chi connectivity index (χ0v) is 12.7. The first kappa shape index (κ1) is 16.6. The van der Waals surface area contributed by atoms with Crippen molar-refractivity contribution in [1.82, 2.24) is 10.9 Å². The van der Waals surface area contributed by atoms with E-state index in [1.165, 1.54) is 19.5 Å². The number of hydrazone groups is 2. The van der Waals surface area contributed by atoms with Gasteiger partial charge in [0.1, 0.15) is 0 Å². The molecule has 0 saturated carbocycles. The Hall–Kier alpha value is -2.46. The number of methoxy groups -OCH3 is 1. The molecule has 0 aliphatic rings. The molecule has 10 heteroatoms. The Morgan fingerprint density at radius 3 is 2.29 bits per heavy atom. The highest BCUT2D eigenvalue weighted by atomic mass is 32.1. The van der Waals surface area contributed by atoms with E-state index in [0.717, 1.165) is 0 Å². The molecule has 8 nitrogen and oxygen atoms in total. The molecule has 0 aliphatic carbocycles. The number of rotatable bonds is 5. The Labute approximate surface area is 131 Å². The van der Waals surface area contributed by atoms with Gasteiger partial charge < -0.3 is 21.3 Å². The Kier molecular flexibility index (Phi) is 6.30. The predicted octanol–water partition coefficient (Wildman–Crippen LogP) is -0.265. The Morgan fingerprint density at radius 2 is 1.76 bits per heavy atom. The molecule has 0 fully saturated rings. The first-order valence-corrected chi connectivity index (χ1v) is 6.33. The maximum absolute atomic E-state index is 9.98. The number of ether oxygens (including phenoxy) is 1. The predicted molar refractivity (Wildman–Crippen MR) is 89.7 cm³/mol. The normalized spacial score (nSPS) is 10.7. The molecule has 1 rings (SSSR count). The van der Waals surface area contributed by atoms with Gasteiger partial charge in [-0.05, 0) is 42.1 Å². The van der Waals surface area contributed by atoms with E-state index < -0.39 is 0 Å². The summed E-state index contributed by atoms with van der Waals surface area (Å²) in [5, 5.41) is 17.6. The number of aromatic hydroxyl groups is 1. The van der Waals surface area contributed by atoms with Crippen LogP contribution in [0.2, 0.25) is 0 Å². The lowest BCUT2D eigenvalue weighted by atomic mass is 10.1. The third-order valence-electron chi connectivity index (χ3n) is 2.11. The van der Waals surface area contributed by atoms with E-state index in [9.17, 15) is 5.11 Å². The van der Waals surface area contributed by atoms with Gasteiger partial charge in [-0.2, -0.15) is 10.2 Å². The summed E-state index contributed by atoms with van der Waals surface area (Å²) in [5.41, 5.74) is 16.3. The molecule has 1 aromatic rings. The lowest BCUT2D eigenvalue weighted by Gasteiger charge is -2.07. The molecule has 0 bridgehead atoms. The van der Waals surface area contributed by atoms with Gasteiger partial charge in [0.15, 0.2) is 21.7 Å². The van der Waals surface area contributed by atoms with Crippen molar-refractivity contribution in [1.29, 1.82) is 0 Å². The molecular weight excluding hydrogens is 312 g/mol. The van der Waals surface area contributed by atoms with Crippen LogP contribution >= 0.6 is 24.4 Å². The average molecular weight is 326 g/mol. The van der Waals surface area contributed by atoms with E-state index in [1.807, 2.05) is 0 Å². The highest BCUT2D eigenvalue weighted by molar-refractivity contribution is 7.80. The van der Waals surface area contributed by atoms with Crippen molar-refractivity contribution < 1.29 is 9.84 Å². The van der Waals surface area contributed by atoms with Crippen LogP contribution in [0.5, 0.6) is 11.5 Å². The Bertz CT molecular complexity index is 603. The molecule has 1 aromatic carbocycles. The largest absolute Gasteiger partial charge is 0.504 e. The summed E-state index contributed by atoms with van der Waals surface area (Å²) in [5.74, 6) is 0.177. The minimum Gasteiger partial charge on any atom is -0.504 e. The molecule has 112 valence electrons. The van der Waals surface area contributed by atoms with Gasteiger partial charge in [-0.15, -0.1) is 0 Å². The first-order chi connectivity index (χ1) is 9.93. The molecule has 0 unspecified atom stereocenters. The first-order valence-electron chi connectivity index (χ1n) is 5.52. The van der Waals surface area contributed by atoms with Gasteiger partial charge >= 0.3 is 0 Å². The molecule has 0 spiro atoms. The van der Waals surface area contributed by atoms with Crippen LogP contribution in [0.1, 0.15) is 11.1 Å². The summed E-state index contributed by atoms with van der Waals surface area (Å²) >= 11 is 9.23. The van der Waals surface area contributed by atoms with E-state index in [2.05, 4.69) is 45.5 Å². The van der Waals surface area contributed by atoms with Gasteiger partial charge in [0, 0.05) is 5.56 Å². The molecule has 0 heterocycles. The van der Waals surface area contributed by atoms with Crippen molar-refractivity contribution in [3.63, 3.8) is 0 Å². The van der Waals surface area contributed by atoms with Gasteiger partial charge in [-0.1, -0.05) is 0 Å². The number of phenolic OH excluding ortho intramolecular Hbond substituents is 1. The highest BCUT2D eigenvalue weighted by Gasteiger charge is 2.08. The summed E-state index contributed by atoms with van der Waals surface area (Å²) in [6.07, 6.45) is 2.80. The fourth-order valence-electron chi connectivity index (χ4n) is 1.32. The van der Waals surface area contributed by atoms with Crippen LogP contribution in [0.3, 0.4) is 0 Å². The molecule has 21 heavy (non-hydrogen) atoms. The standard InChI is InChI=1S/C11H14N6O2S2/c1-19-8-3-6(4-14-16-10(12)20)2-7(9(8)18)5-15-17-11(13)21/h2-5,18H,1H3,(H3,12,16,20)(H3,13,17,21). The van der Waals surface area contributed by atoms with Crippen molar-refractivity contribution >= 4 is 47.1 Å². The molecular formula is C11H14N6O2S2. The summed E-state index contributed by atoms with van der Waals surface area (Å²) in [6.45, 7) is 0. The second kappa shape index (κ2) is 7.97. The van der Waals surface area contributed by atoms with Gasteiger partial charge in [-0.25, -0.2) is 0 Å². The Morgan fingerprint density at radius 1 is 1.19 bits per heavy atom. The quantitative estimate of drug-likeness (QED) is 0.284. The smallest absolute Gasteiger partial charge is 0.184 e. The van der Waals surface area contributed by atoms with Crippen LogP contribution in [0.25, 0.3) is 0 Å². The molecule has 0 aromatic heterocycles. The zero-order valence-electron chi connectivity index (χ0n) is 11.0. The summed E-state index contributed by atoms with van der Waals surface area (Å²) in [4.78, 5) is 0. The number of hydrogen-bond donors (Lipinski definition) is 5. The number of hydrogen-bond acceptors (Lipinski definition) is 6. The number of nitrogens with one attached hydrogen (secondary N) is 2. The van der Waals surface area contributed by atoms with Crippen LogP contribution in [-0.4, -0.2) is 34.9 Å². The maximum atomic E-state index is 9.98. The molecule has 0 saturated heterocycles. The lowest BCUT2D eigenvalue weighted by molar-refractivity contribution is 0.373. The van der Waals surface area contributed by atoms with Crippen LogP contribution in [-0.2, 0) is 0 Å². The van der Waals surface area contributed by atoms with Crippen LogP contribution < -0.4 is 27.1 Å². The van der Waals surface area contributed by atoms with E-state index >= 15 is 0 Å². The number of nitrogens with zero attached hydrogens (tertiary/aromatic N) is 2. The van der Waals surface area contributed by atoms with Crippen LogP contribution in [0.15, 0.2) is 22.3 Å². The summed E-state index contributed by atoms with van der Waals surface area (Å²) < 4.78 is 5.07. The van der Waals surface area contributed by atoms with E-state index in [1.54, 1.807) is 12.1 Å². The van der Waals surface area contributed by atoms with Crippen molar-refractivity contribution in [2.24, 2.45) is 21.7 Å². The highest BCUT2D eigenvalue weighted by Crippen LogP contribution is 2.29. The zero-order chi connectivity index (χ0) is 15.8. The monoisotopic (exact) mass is 326 g/mol. The van der Waals surface area contributed by atoms with Crippen LogP contribution in [0, 0.1) is 0 Å². The molecule has 0 aliphatic heterocycles. The molecule has 7 N–H and O–H groups in total. The lowest BCUT2D eigenvalue weighted by Crippen LogP contribution is -2.24. The molecule has 0 amide bonds. The number of benzene rings is 1. The van der Waals surface area contributed by atoms with Crippen molar-refractivity contribution in [2.75, 3.05) is 7.11 Å². The van der Waals surface area contributed by atoms with Crippen molar-refractivity contribution in [2.45, 2.75) is 0 Å². The van der Waals surface area contributed by atoms with E-state index in [-0.39, 0.29) is 21.7 Å². The second-order valence-corrected chi connectivity index (χ2v) is 4.51. The van der Waals surface area contributed by atoms with Crippen molar-refractivity contribution in [3.8, 4) is 11.5 Å². The molecule has 0 atom stereocenters. The van der Waals surface area contributed by atoms with Gasteiger partial charge in [0.25, 0.3) is 0 Å². The fourth-order valence-corrected chi connectivity index (χ4v) is 1.42. The third kappa shape index (κ3) is 5.58. The minimum absolute atomic E-state index is 0.0103. The minimum atomic E-state index is -0.0783. The average Bonchev–Trinajstić information content (AvgIpc) is 2.40. The van der Waals surface area contributed by atoms with Crippen LogP contribution in [0.4, 0.5) is 0 Å². The second-order valence-electron chi connectivity index (χ2n) is 3.63. The topological polar surface area (TPSA) is 130 Å². The number of nitrogens with two attached hydrogens (primary N) is 2. The maximum Gasteiger partial charge on any atom is 0.184 e. The number of thiocarbonyl (C=S) groups is 2. The van der Waals surface area contributed by atoms with Gasteiger partial charge in [-0.3, -0.25) is 10.9 Å². The van der Waals surface area contributed by atoms with E-state index in [0.29, 0.717) is 11.1 Å². The fraction of sp³-hybridized carbons (Fsp3) is 0.0909. The number of phenols is 1. The van der Waals surface area contributed by atoms with Gasteiger partial charge in [0.2, 0.25) is 0 Å². The van der Waals surface area contributed by atoms with Gasteiger partial charge in [0.05, 0.1) is 19.5 Å². The van der Waals surface area contributed by atoms with E-state index in [4.69, 9.17) is 16.2 Å². The third-order valence-corrected chi connectivity index (χ3v) is 2.30. The SMILES string of the molecule is COc1cc(C=NNC(N)=S)cc(C=NNC(N)=S)c1O.